The SMILES string of the molecule is O=C1OCC(=C2/CCC(=O)c3ccccc32)/C1=C\C1CCCCC1. The standard InChI is InChI=1S/C21H22O3/c22-20-11-10-16(15-8-4-5-9-17(15)20)19-13-24-21(23)18(19)12-14-6-2-1-3-7-14/h4-5,8-9,12,14H,1-3,6-7,10-11,13H2/b18-12+,19-16+. The highest BCUT2D eigenvalue weighted by atomic mass is 16.5. The van der Waals surface area contributed by atoms with Crippen molar-refractivity contribution in [2.24, 2.45) is 5.92 Å². The lowest BCUT2D eigenvalue weighted by Crippen LogP contribution is -2.12. The van der Waals surface area contributed by atoms with E-state index in [4.69, 9.17) is 4.74 Å². The predicted molar refractivity (Wildman–Crippen MR) is 92.5 cm³/mol. The van der Waals surface area contributed by atoms with Crippen LogP contribution < -0.4 is 0 Å². The third-order valence-electron chi connectivity index (χ3n) is 5.46. The van der Waals surface area contributed by atoms with Crippen molar-refractivity contribution in [2.75, 3.05) is 6.61 Å². The largest absolute Gasteiger partial charge is 0.457 e. The van der Waals surface area contributed by atoms with Crippen LogP contribution in [-0.2, 0) is 9.53 Å². The number of hydrogen-bond donors (Lipinski definition) is 0. The molecule has 2 aliphatic carbocycles. The maximum absolute atomic E-state index is 12.3. The van der Waals surface area contributed by atoms with Gasteiger partial charge in [0.2, 0.25) is 0 Å². The zero-order chi connectivity index (χ0) is 16.5. The number of cyclic esters (lactones) is 1. The number of benzene rings is 1. The first kappa shape index (κ1) is 15.4. The molecule has 1 heterocycles. The average molecular weight is 322 g/mol. The second-order valence-corrected chi connectivity index (χ2v) is 6.98. The van der Waals surface area contributed by atoms with Gasteiger partial charge in [-0.3, -0.25) is 4.79 Å². The van der Waals surface area contributed by atoms with E-state index in [1.54, 1.807) is 0 Å². The molecule has 0 radical (unpaired) electrons. The fraction of sp³-hybridized carbons (Fsp3) is 0.429. The summed E-state index contributed by atoms with van der Waals surface area (Å²) < 4.78 is 5.36. The van der Waals surface area contributed by atoms with E-state index in [-0.39, 0.29) is 11.8 Å². The van der Waals surface area contributed by atoms with Crippen LogP contribution in [0.5, 0.6) is 0 Å². The molecule has 24 heavy (non-hydrogen) atoms. The Bertz CT molecular complexity index is 748. The molecule has 0 unspecified atom stereocenters. The first-order chi connectivity index (χ1) is 11.7. The number of hydrogen-bond acceptors (Lipinski definition) is 3. The maximum atomic E-state index is 12.3. The normalized spacial score (nSPS) is 26.6. The number of esters is 1. The molecule has 0 atom stereocenters. The summed E-state index contributed by atoms with van der Waals surface area (Å²) in [4.78, 5) is 24.5. The predicted octanol–water partition coefficient (Wildman–Crippen LogP) is 4.48. The first-order valence-electron chi connectivity index (χ1n) is 8.98. The minimum absolute atomic E-state index is 0.193. The Morgan fingerprint density at radius 3 is 2.46 bits per heavy atom. The zero-order valence-corrected chi connectivity index (χ0v) is 13.8. The maximum Gasteiger partial charge on any atom is 0.338 e. The highest BCUT2D eigenvalue weighted by Gasteiger charge is 2.32. The van der Waals surface area contributed by atoms with E-state index in [0.717, 1.165) is 40.7 Å². The molecule has 1 aromatic carbocycles. The van der Waals surface area contributed by atoms with Gasteiger partial charge in [0, 0.05) is 17.6 Å². The number of rotatable bonds is 1. The van der Waals surface area contributed by atoms with Crippen LogP contribution in [0.4, 0.5) is 0 Å². The molecule has 0 spiro atoms. The number of carbonyl (C=O) groups excluding carboxylic acids is 2. The van der Waals surface area contributed by atoms with Crippen LogP contribution in [0.15, 0.2) is 41.5 Å². The van der Waals surface area contributed by atoms with Gasteiger partial charge in [0.15, 0.2) is 5.78 Å². The summed E-state index contributed by atoms with van der Waals surface area (Å²) >= 11 is 0. The number of carbonyl (C=O) groups is 2. The van der Waals surface area contributed by atoms with Crippen molar-refractivity contribution in [1.29, 1.82) is 0 Å². The molecule has 2 fully saturated rings. The third-order valence-corrected chi connectivity index (χ3v) is 5.46. The van der Waals surface area contributed by atoms with Gasteiger partial charge in [-0.1, -0.05) is 49.6 Å². The van der Waals surface area contributed by atoms with Crippen LogP contribution in [0.2, 0.25) is 0 Å². The van der Waals surface area contributed by atoms with Crippen LogP contribution >= 0.6 is 0 Å². The van der Waals surface area contributed by atoms with Gasteiger partial charge in [-0.15, -0.1) is 0 Å². The summed E-state index contributed by atoms with van der Waals surface area (Å²) in [6.45, 7) is 0.343. The molecule has 3 heteroatoms. The number of ether oxygens (including phenoxy) is 1. The molecule has 0 aromatic heterocycles. The minimum Gasteiger partial charge on any atom is -0.457 e. The molecule has 3 aliphatic rings. The van der Waals surface area contributed by atoms with Crippen molar-refractivity contribution in [1.82, 2.24) is 0 Å². The summed E-state index contributed by atoms with van der Waals surface area (Å²) in [5.74, 6) is 0.478. The quantitative estimate of drug-likeness (QED) is 0.565. The van der Waals surface area contributed by atoms with Crippen LogP contribution in [-0.4, -0.2) is 18.4 Å². The Labute approximate surface area is 142 Å². The Morgan fingerprint density at radius 2 is 1.67 bits per heavy atom. The molecule has 1 saturated heterocycles. The Hall–Kier alpha value is -2.16. The molecule has 124 valence electrons. The van der Waals surface area contributed by atoms with Gasteiger partial charge < -0.3 is 4.74 Å². The van der Waals surface area contributed by atoms with Gasteiger partial charge in [-0.2, -0.15) is 0 Å². The summed E-state index contributed by atoms with van der Waals surface area (Å²) in [7, 11) is 0. The smallest absolute Gasteiger partial charge is 0.338 e. The van der Waals surface area contributed by atoms with E-state index in [2.05, 4.69) is 6.08 Å². The molecular weight excluding hydrogens is 300 g/mol. The lowest BCUT2D eigenvalue weighted by atomic mass is 9.81. The van der Waals surface area contributed by atoms with E-state index in [0.29, 0.717) is 25.4 Å². The van der Waals surface area contributed by atoms with Crippen molar-refractivity contribution in [3.05, 3.63) is 52.6 Å². The van der Waals surface area contributed by atoms with Crippen LogP contribution in [0, 0.1) is 5.92 Å². The van der Waals surface area contributed by atoms with E-state index >= 15 is 0 Å². The highest BCUT2D eigenvalue weighted by molar-refractivity contribution is 6.07. The molecule has 3 nitrogen and oxygen atoms in total. The Morgan fingerprint density at radius 1 is 0.917 bits per heavy atom. The van der Waals surface area contributed by atoms with E-state index in [1.807, 2.05) is 24.3 Å². The number of ketones is 1. The van der Waals surface area contributed by atoms with Crippen LogP contribution in [0.1, 0.15) is 60.9 Å². The van der Waals surface area contributed by atoms with Crippen LogP contribution in [0.3, 0.4) is 0 Å². The van der Waals surface area contributed by atoms with Gasteiger partial charge in [0.1, 0.15) is 6.61 Å². The summed E-state index contributed by atoms with van der Waals surface area (Å²) in [5.41, 5.74) is 4.64. The summed E-state index contributed by atoms with van der Waals surface area (Å²) in [5, 5.41) is 0. The second-order valence-electron chi connectivity index (χ2n) is 6.98. The van der Waals surface area contributed by atoms with Crippen molar-refractivity contribution >= 4 is 17.3 Å². The van der Waals surface area contributed by atoms with Gasteiger partial charge in [-0.05, 0) is 36.3 Å². The summed E-state index contributed by atoms with van der Waals surface area (Å²) in [6, 6.07) is 7.74. The van der Waals surface area contributed by atoms with Crippen molar-refractivity contribution in [3.8, 4) is 0 Å². The third kappa shape index (κ3) is 2.72. The second kappa shape index (κ2) is 6.39. The summed E-state index contributed by atoms with van der Waals surface area (Å²) in [6.07, 6.45) is 9.47. The van der Waals surface area contributed by atoms with Crippen molar-refractivity contribution in [3.63, 3.8) is 0 Å². The van der Waals surface area contributed by atoms with Crippen molar-refractivity contribution in [2.45, 2.75) is 44.9 Å². The molecule has 0 bridgehead atoms. The Balaban J connectivity index is 1.78. The fourth-order valence-corrected chi connectivity index (χ4v) is 4.18. The zero-order valence-electron chi connectivity index (χ0n) is 13.8. The Kier molecular flexibility index (Phi) is 4.09. The monoisotopic (exact) mass is 322 g/mol. The van der Waals surface area contributed by atoms with Crippen molar-refractivity contribution < 1.29 is 14.3 Å². The molecule has 4 rings (SSSR count). The van der Waals surface area contributed by atoms with Gasteiger partial charge in [0.25, 0.3) is 0 Å². The molecule has 0 N–H and O–H groups in total. The average Bonchev–Trinajstić information content (AvgIpc) is 2.97. The van der Waals surface area contributed by atoms with E-state index in [1.165, 1.54) is 19.3 Å². The molecule has 1 aromatic rings. The lowest BCUT2D eigenvalue weighted by Gasteiger charge is -2.21. The minimum atomic E-state index is -0.197. The van der Waals surface area contributed by atoms with E-state index < -0.39 is 0 Å². The number of Topliss-reactive ketones (excluding diaryl/α,β-unsaturated/α-hetero) is 1. The number of allylic oxidation sites excluding steroid dienone is 2. The van der Waals surface area contributed by atoms with Crippen LogP contribution in [0.25, 0.3) is 5.57 Å². The first-order valence-corrected chi connectivity index (χ1v) is 8.98. The van der Waals surface area contributed by atoms with E-state index in [9.17, 15) is 9.59 Å². The number of fused-ring (bicyclic) bond motifs is 1. The molecule has 1 aliphatic heterocycles. The fourth-order valence-electron chi connectivity index (χ4n) is 4.18. The molecule has 0 amide bonds. The lowest BCUT2D eigenvalue weighted by molar-refractivity contribution is -0.135. The molecular formula is C21H22O3. The van der Waals surface area contributed by atoms with Gasteiger partial charge in [-0.25, -0.2) is 4.79 Å². The highest BCUT2D eigenvalue weighted by Crippen LogP contribution is 2.39. The van der Waals surface area contributed by atoms with Gasteiger partial charge >= 0.3 is 5.97 Å². The molecule has 1 saturated carbocycles. The topological polar surface area (TPSA) is 43.4 Å². The van der Waals surface area contributed by atoms with Gasteiger partial charge in [0.05, 0.1) is 5.57 Å².